The van der Waals surface area contributed by atoms with Gasteiger partial charge in [-0.05, 0) is 66.2 Å². The molecule has 0 spiro atoms. The van der Waals surface area contributed by atoms with Gasteiger partial charge in [0.15, 0.2) is 5.17 Å². The van der Waals surface area contributed by atoms with E-state index in [1.54, 1.807) is 36.3 Å². The molecule has 0 unspecified atom stereocenters. The second-order valence-corrected chi connectivity index (χ2v) is 9.49. The van der Waals surface area contributed by atoms with Crippen molar-refractivity contribution in [2.45, 2.75) is 18.2 Å². The largest absolute Gasteiger partial charge is 0.497 e. The quantitative estimate of drug-likeness (QED) is 0.420. The smallest absolute Gasteiger partial charge is 0.335 e. The predicted octanol–water partition coefficient (Wildman–Crippen LogP) is 5.21. The molecule has 1 atom stereocenters. The first-order valence-corrected chi connectivity index (χ1v) is 12.2. The van der Waals surface area contributed by atoms with Crippen LogP contribution >= 0.6 is 23.4 Å². The average molecular weight is 524 g/mol. The van der Waals surface area contributed by atoms with Crippen molar-refractivity contribution in [2.75, 3.05) is 12.4 Å². The summed E-state index contributed by atoms with van der Waals surface area (Å²) in [7, 11) is 1.59. The molecule has 1 heterocycles. The molecular formula is C26H22ClN3O5S. The summed E-state index contributed by atoms with van der Waals surface area (Å²) in [6.07, 6.45) is -0.0665. The molecule has 0 aromatic heterocycles. The standard InChI is InChI=1S/C26H22ClN3O5S/c1-35-21-12-2-16(3-13-21)15-30-24(32)22(36-26(30)29-20-10-6-18(27)7-11-20)14-23(31)28-19-8-4-17(5-9-19)25(33)34/h2-13,22H,14-15H2,1H3,(H,28,31)(H,33,34)/t22-/m0/s1. The monoisotopic (exact) mass is 523 g/mol. The molecule has 0 radical (unpaired) electrons. The van der Waals surface area contributed by atoms with Gasteiger partial charge in [-0.25, -0.2) is 9.79 Å². The number of benzene rings is 3. The van der Waals surface area contributed by atoms with E-state index < -0.39 is 11.2 Å². The highest BCUT2D eigenvalue weighted by molar-refractivity contribution is 8.15. The van der Waals surface area contributed by atoms with Gasteiger partial charge in [0.05, 0.1) is 24.9 Å². The first-order valence-electron chi connectivity index (χ1n) is 10.9. The lowest BCUT2D eigenvalue weighted by molar-refractivity contribution is -0.128. The van der Waals surface area contributed by atoms with Gasteiger partial charge in [0, 0.05) is 17.1 Å². The van der Waals surface area contributed by atoms with Crippen LogP contribution in [-0.2, 0) is 16.1 Å². The molecule has 2 N–H and O–H groups in total. The number of carbonyl (C=O) groups is 3. The number of anilines is 1. The maximum absolute atomic E-state index is 13.3. The number of hydrogen-bond acceptors (Lipinski definition) is 6. The Morgan fingerprint density at radius 3 is 2.33 bits per heavy atom. The van der Waals surface area contributed by atoms with Crippen molar-refractivity contribution in [1.82, 2.24) is 4.90 Å². The van der Waals surface area contributed by atoms with Crippen LogP contribution in [0.25, 0.3) is 0 Å². The normalized spacial score (nSPS) is 16.3. The Morgan fingerprint density at radius 2 is 1.72 bits per heavy atom. The van der Waals surface area contributed by atoms with Crippen LogP contribution in [-0.4, -0.2) is 45.3 Å². The number of methoxy groups -OCH3 is 1. The topological polar surface area (TPSA) is 108 Å². The number of aromatic carboxylic acids is 1. The maximum atomic E-state index is 13.3. The first-order chi connectivity index (χ1) is 17.3. The third-order valence-electron chi connectivity index (χ3n) is 5.36. The SMILES string of the molecule is COc1ccc(CN2C(=O)[C@H](CC(=O)Nc3ccc(C(=O)O)cc3)SC2=Nc2ccc(Cl)cc2)cc1. The van der Waals surface area contributed by atoms with Crippen molar-refractivity contribution in [2.24, 2.45) is 4.99 Å². The van der Waals surface area contributed by atoms with Gasteiger partial charge >= 0.3 is 5.97 Å². The van der Waals surface area contributed by atoms with Crippen LogP contribution in [0.3, 0.4) is 0 Å². The lowest BCUT2D eigenvalue weighted by Crippen LogP contribution is -2.33. The molecular weight excluding hydrogens is 502 g/mol. The van der Waals surface area contributed by atoms with Crippen molar-refractivity contribution in [1.29, 1.82) is 0 Å². The highest BCUT2D eigenvalue weighted by atomic mass is 35.5. The van der Waals surface area contributed by atoms with Crippen molar-refractivity contribution < 1.29 is 24.2 Å². The Kier molecular flexibility index (Phi) is 7.92. The number of carbonyl (C=O) groups excluding carboxylic acids is 2. The number of aliphatic imine (C=N–C) groups is 1. The zero-order chi connectivity index (χ0) is 25.7. The van der Waals surface area contributed by atoms with E-state index in [4.69, 9.17) is 21.4 Å². The summed E-state index contributed by atoms with van der Waals surface area (Å²) >= 11 is 7.21. The molecule has 10 heteroatoms. The molecule has 0 aliphatic carbocycles. The van der Waals surface area contributed by atoms with E-state index in [0.29, 0.717) is 27.3 Å². The zero-order valence-corrected chi connectivity index (χ0v) is 20.8. The molecule has 2 amide bonds. The van der Waals surface area contributed by atoms with E-state index in [-0.39, 0.29) is 30.3 Å². The van der Waals surface area contributed by atoms with E-state index in [1.807, 2.05) is 24.3 Å². The zero-order valence-electron chi connectivity index (χ0n) is 19.2. The van der Waals surface area contributed by atoms with Crippen LogP contribution in [0.15, 0.2) is 77.8 Å². The minimum atomic E-state index is -1.05. The van der Waals surface area contributed by atoms with E-state index >= 15 is 0 Å². The number of carboxylic acids is 1. The van der Waals surface area contributed by atoms with Crippen LogP contribution in [0, 0.1) is 0 Å². The molecule has 1 fully saturated rings. The Bertz CT molecular complexity index is 1290. The number of nitrogens with zero attached hydrogens (tertiary/aromatic N) is 2. The molecule has 1 aliphatic rings. The number of carboxylic acid groups (broad SMARTS) is 1. The van der Waals surface area contributed by atoms with Gasteiger partial charge in [0.25, 0.3) is 0 Å². The Hall–Kier alpha value is -3.82. The van der Waals surface area contributed by atoms with E-state index in [0.717, 1.165) is 5.56 Å². The van der Waals surface area contributed by atoms with E-state index in [1.165, 1.54) is 36.0 Å². The fourth-order valence-corrected chi connectivity index (χ4v) is 4.77. The molecule has 3 aromatic carbocycles. The number of amides is 2. The third-order valence-corrected chi connectivity index (χ3v) is 6.78. The van der Waals surface area contributed by atoms with Gasteiger partial charge in [0.2, 0.25) is 11.8 Å². The maximum Gasteiger partial charge on any atom is 0.335 e. The second-order valence-electron chi connectivity index (χ2n) is 7.88. The summed E-state index contributed by atoms with van der Waals surface area (Å²) < 4.78 is 5.21. The first kappa shape index (κ1) is 25.3. The van der Waals surface area contributed by atoms with Gasteiger partial charge in [-0.1, -0.05) is 35.5 Å². The van der Waals surface area contributed by atoms with Crippen molar-refractivity contribution in [3.8, 4) is 5.75 Å². The van der Waals surface area contributed by atoms with Gasteiger partial charge < -0.3 is 15.2 Å². The molecule has 184 valence electrons. The van der Waals surface area contributed by atoms with Gasteiger partial charge in [0.1, 0.15) is 11.0 Å². The summed E-state index contributed by atoms with van der Waals surface area (Å²) in [5.41, 5.74) is 2.09. The van der Waals surface area contributed by atoms with Crippen LogP contribution < -0.4 is 10.1 Å². The summed E-state index contributed by atoms with van der Waals surface area (Å²) in [5, 5.41) is 12.1. The fourth-order valence-electron chi connectivity index (χ4n) is 3.49. The number of ether oxygens (including phenoxy) is 1. The van der Waals surface area contributed by atoms with E-state index in [2.05, 4.69) is 10.3 Å². The second kappa shape index (κ2) is 11.3. The van der Waals surface area contributed by atoms with Crippen LogP contribution in [0.2, 0.25) is 5.02 Å². The number of halogens is 1. The van der Waals surface area contributed by atoms with Crippen molar-refractivity contribution in [3.63, 3.8) is 0 Å². The summed E-state index contributed by atoms with van der Waals surface area (Å²) in [5.74, 6) is -0.923. The molecule has 4 rings (SSSR count). The van der Waals surface area contributed by atoms with Crippen LogP contribution in [0.1, 0.15) is 22.3 Å². The molecule has 8 nitrogen and oxygen atoms in total. The Morgan fingerprint density at radius 1 is 1.06 bits per heavy atom. The summed E-state index contributed by atoms with van der Waals surface area (Å²) in [6.45, 7) is 0.289. The van der Waals surface area contributed by atoms with Crippen LogP contribution in [0.5, 0.6) is 5.75 Å². The Labute approximate surface area is 216 Å². The molecule has 0 saturated carbocycles. The molecule has 1 saturated heterocycles. The number of nitrogens with one attached hydrogen (secondary N) is 1. The summed E-state index contributed by atoms with van der Waals surface area (Å²) in [6, 6.07) is 20.2. The molecule has 3 aromatic rings. The minimum Gasteiger partial charge on any atom is -0.497 e. The van der Waals surface area contributed by atoms with Gasteiger partial charge in [-0.3, -0.25) is 14.5 Å². The minimum absolute atomic E-state index is 0.0665. The van der Waals surface area contributed by atoms with Crippen molar-refractivity contribution in [3.05, 3.63) is 88.9 Å². The molecule has 36 heavy (non-hydrogen) atoms. The number of amidine groups is 1. The lowest BCUT2D eigenvalue weighted by Gasteiger charge is -2.17. The number of thioether (sulfide) groups is 1. The molecule has 1 aliphatic heterocycles. The highest BCUT2D eigenvalue weighted by Gasteiger charge is 2.39. The predicted molar refractivity (Wildman–Crippen MR) is 140 cm³/mol. The highest BCUT2D eigenvalue weighted by Crippen LogP contribution is 2.33. The van der Waals surface area contributed by atoms with E-state index in [9.17, 15) is 14.4 Å². The summed E-state index contributed by atoms with van der Waals surface area (Å²) in [4.78, 5) is 43.2. The molecule has 0 bridgehead atoms. The van der Waals surface area contributed by atoms with Crippen molar-refractivity contribution >= 4 is 57.7 Å². The van der Waals surface area contributed by atoms with Crippen LogP contribution in [0.4, 0.5) is 11.4 Å². The van der Waals surface area contributed by atoms with Gasteiger partial charge in [-0.2, -0.15) is 0 Å². The Balaban J connectivity index is 1.51. The third kappa shape index (κ3) is 6.24. The van der Waals surface area contributed by atoms with Gasteiger partial charge in [-0.15, -0.1) is 0 Å². The number of hydrogen-bond donors (Lipinski definition) is 2. The number of rotatable bonds is 8. The lowest BCUT2D eigenvalue weighted by atomic mass is 10.2. The average Bonchev–Trinajstić information content (AvgIpc) is 3.14. The fraction of sp³-hybridized carbons (Fsp3) is 0.154.